The van der Waals surface area contributed by atoms with Gasteiger partial charge in [0.25, 0.3) is 5.09 Å². The van der Waals surface area contributed by atoms with Crippen molar-refractivity contribution in [2.45, 2.75) is 16.6 Å². The first-order valence-corrected chi connectivity index (χ1v) is 9.51. The number of thioether (sulfide) groups is 1. The molecule has 1 aromatic heterocycles. The molecule has 28 heavy (non-hydrogen) atoms. The van der Waals surface area contributed by atoms with Crippen LogP contribution in [0.2, 0.25) is 0 Å². The maximum absolute atomic E-state index is 8.36. The molecule has 0 saturated carbocycles. The summed E-state index contributed by atoms with van der Waals surface area (Å²) < 4.78 is 0. The van der Waals surface area contributed by atoms with Crippen LogP contribution >= 0.6 is 11.8 Å². The van der Waals surface area contributed by atoms with Crippen molar-refractivity contribution < 1.29 is 10.3 Å². The fourth-order valence-electron chi connectivity index (χ4n) is 2.88. The van der Waals surface area contributed by atoms with Crippen LogP contribution < -0.4 is 0 Å². The number of imidazole rings is 1. The van der Waals surface area contributed by atoms with Gasteiger partial charge >= 0.3 is 0 Å². The van der Waals surface area contributed by atoms with Gasteiger partial charge in [0.2, 0.25) is 0 Å². The molecular formula is C21H19N3O3S. The molecule has 1 heterocycles. The lowest BCUT2D eigenvalue weighted by atomic mass is 10.0. The van der Waals surface area contributed by atoms with Crippen molar-refractivity contribution in [1.82, 2.24) is 9.97 Å². The molecule has 0 aliphatic carbocycles. The summed E-state index contributed by atoms with van der Waals surface area (Å²) in [5.41, 5.74) is 1.33. The number of fused-ring (bicyclic) bond motifs is 1. The molecule has 2 N–H and O–H groups in total. The van der Waals surface area contributed by atoms with Crippen LogP contribution in [-0.2, 0) is 6.42 Å². The number of rotatable bonds is 5. The highest BCUT2D eigenvalue weighted by atomic mass is 32.2. The number of benzene rings is 3. The Bertz CT molecular complexity index is 1020. The molecule has 0 bridgehead atoms. The van der Waals surface area contributed by atoms with Crippen molar-refractivity contribution in [3.05, 3.63) is 107 Å². The van der Waals surface area contributed by atoms with Crippen LogP contribution in [0.4, 0.5) is 0 Å². The topological polar surface area (TPSA) is 92.1 Å². The number of aromatic nitrogens is 2. The zero-order valence-corrected chi connectivity index (χ0v) is 15.8. The SMILES string of the molecule is O=[N+]([O-])O.c1ccc(SC(Cc2ncc[nH]2)c2ccc3ccccc3c2)cc1. The van der Waals surface area contributed by atoms with Gasteiger partial charge in [0, 0.05) is 29.0 Å². The molecule has 0 aliphatic rings. The monoisotopic (exact) mass is 393 g/mol. The van der Waals surface area contributed by atoms with Gasteiger partial charge in [0.1, 0.15) is 5.82 Å². The van der Waals surface area contributed by atoms with Gasteiger partial charge in [-0.15, -0.1) is 21.9 Å². The summed E-state index contributed by atoms with van der Waals surface area (Å²) in [6.45, 7) is 0. The standard InChI is InChI=1S/C21H18N2S.HNO3/c1-2-8-19(9-3-1)24-20(15-21-22-12-13-23-21)18-11-10-16-6-4-5-7-17(16)14-18;2-1(3)4/h1-14,20H,15H2,(H,22,23);(H,2,3,4). The first-order chi connectivity index (χ1) is 13.6. The van der Waals surface area contributed by atoms with Gasteiger partial charge in [-0.25, -0.2) is 4.98 Å². The van der Waals surface area contributed by atoms with Crippen LogP contribution in [0.1, 0.15) is 16.6 Å². The Morgan fingerprint density at radius 3 is 2.39 bits per heavy atom. The summed E-state index contributed by atoms with van der Waals surface area (Å²) >= 11 is 1.89. The number of hydrogen-bond acceptors (Lipinski definition) is 4. The molecule has 0 radical (unpaired) electrons. The van der Waals surface area contributed by atoms with Crippen molar-refractivity contribution in [3.8, 4) is 0 Å². The molecule has 0 aliphatic heterocycles. The first kappa shape index (κ1) is 19.4. The fraction of sp³-hybridized carbons (Fsp3) is 0.0952. The van der Waals surface area contributed by atoms with Crippen LogP contribution in [0.5, 0.6) is 0 Å². The van der Waals surface area contributed by atoms with Gasteiger partial charge in [0.05, 0.1) is 0 Å². The van der Waals surface area contributed by atoms with E-state index in [1.807, 2.05) is 24.2 Å². The Hall–Kier alpha value is -3.32. The molecule has 0 amide bonds. The van der Waals surface area contributed by atoms with Crippen LogP contribution in [0.3, 0.4) is 0 Å². The smallest absolute Gasteiger partial charge is 0.291 e. The lowest BCUT2D eigenvalue weighted by Crippen LogP contribution is -2.01. The first-order valence-electron chi connectivity index (χ1n) is 8.64. The zero-order valence-electron chi connectivity index (χ0n) is 14.9. The average Bonchev–Trinajstić information content (AvgIpc) is 3.21. The summed E-state index contributed by atoms with van der Waals surface area (Å²) in [4.78, 5) is 17.3. The Morgan fingerprint density at radius 1 is 1.04 bits per heavy atom. The molecular weight excluding hydrogens is 374 g/mol. The second kappa shape index (κ2) is 9.57. The van der Waals surface area contributed by atoms with E-state index in [2.05, 4.69) is 82.8 Å². The fourth-order valence-corrected chi connectivity index (χ4v) is 4.05. The molecule has 4 rings (SSSR count). The normalized spacial score (nSPS) is 11.4. The van der Waals surface area contributed by atoms with Gasteiger partial charge in [0.15, 0.2) is 0 Å². The average molecular weight is 393 g/mol. The molecule has 3 aromatic carbocycles. The molecule has 1 atom stereocenters. The van der Waals surface area contributed by atoms with Crippen molar-refractivity contribution in [3.63, 3.8) is 0 Å². The predicted molar refractivity (Wildman–Crippen MR) is 110 cm³/mol. The van der Waals surface area contributed by atoms with Crippen LogP contribution in [0.15, 0.2) is 90.1 Å². The van der Waals surface area contributed by atoms with Gasteiger partial charge in [-0.3, -0.25) is 0 Å². The van der Waals surface area contributed by atoms with E-state index >= 15 is 0 Å². The van der Waals surface area contributed by atoms with Crippen molar-refractivity contribution in [2.75, 3.05) is 0 Å². The maximum atomic E-state index is 8.36. The lowest BCUT2D eigenvalue weighted by molar-refractivity contribution is -0.742. The van der Waals surface area contributed by atoms with Crippen LogP contribution in [0.25, 0.3) is 10.8 Å². The van der Waals surface area contributed by atoms with Crippen molar-refractivity contribution in [1.29, 1.82) is 0 Å². The van der Waals surface area contributed by atoms with Gasteiger partial charge < -0.3 is 10.2 Å². The second-order valence-corrected chi connectivity index (χ2v) is 7.28. The summed E-state index contributed by atoms with van der Waals surface area (Å²) in [6, 6.07) is 25.8. The van der Waals surface area contributed by atoms with E-state index < -0.39 is 5.09 Å². The third-order valence-electron chi connectivity index (χ3n) is 4.10. The van der Waals surface area contributed by atoms with Crippen LogP contribution in [0, 0.1) is 10.1 Å². The highest BCUT2D eigenvalue weighted by Crippen LogP contribution is 2.38. The third-order valence-corrected chi connectivity index (χ3v) is 5.37. The molecule has 1 unspecified atom stereocenters. The predicted octanol–water partition coefficient (Wildman–Crippen LogP) is 5.29. The van der Waals surface area contributed by atoms with E-state index in [-0.39, 0.29) is 0 Å². The van der Waals surface area contributed by atoms with E-state index in [1.54, 1.807) is 0 Å². The molecule has 0 fully saturated rings. The molecule has 0 spiro atoms. The molecule has 0 saturated heterocycles. The molecule has 7 heteroatoms. The number of nitrogens with one attached hydrogen (secondary N) is 1. The number of nitrogens with zero attached hydrogens (tertiary/aromatic N) is 2. The van der Waals surface area contributed by atoms with E-state index in [0.29, 0.717) is 5.25 Å². The van der Waals surface area contributed by atoms with E-state index in [9.17, 15) is 0 Å². The zero-order chi connectivity index (χ0) is 19.8. The van der Waals surface area contributed by atoms with Gasteiger partial charge in [-0.2, -0.15) is 0 Å². The molecule has 142 valence electrons. The van der Waals surface area contributed by atoms with Gasteiger partial charge in [-0.05, 0) is 28.5 Å². The number of hydrogen-bond donors (Lipinski definition) is 2. The maximum Gasteiger partial charge on any atom is 0.291 e. The Kier molecular flexibility index (Phi) is 6.64. The minimum atomic E-state index is -1.50. The van der Waals surface area contributed by atoms with Gasteiger partial charge in [-0.1, -0.05) is 60.7 Å². The van der Waals surface area contributed by atoms with Crippen molar-refractivity contribution in [2.24, 2.45) is 0 Å². The van der Waals surface area contributed by atoms with E-state index in [1.165, 1.54) is 21.2 Å². The highest BCUT2D eigenvalue weighted by Gasteiger charge is 2.16. The highest BCUT2D eigenvalue weighted by molar-refractivity contribution is 7.99. The lowest BCUT2D eigenvalue weighted by Gasteiger charge is -2.17. The number of H-pyrrole nitrogens is 1. The molecule has 6 nitrogen and oxygen atoms in total. The minimum Gasteiger partial charge on any atom is -0.349 e. The van der Waals surface area contributed by atoms with E-state index in [4.69, 9.17) is 15.3 Å². The summed E-state index contributed by atoms with van der Waals surface area (Å²) in [5.74, 6) is 1.02. The quantitative estimate of drug-likeness (QED) is 0.273. The number of aromatic amines is 1. The van der Waals surface area contributed by atoms with Crippen LogP contribution in [-0.4, -0.2) is 20.3 Å². The Morgan fingerprint density at radius 2 is 1.71 bits per heavy atom. The molecule has 4 aromatic rings. The summed E-state index contributed by atoms with van der Waals surface area (Å²) in [5, 5.41) is 16.5. The second-order valence-electron chi connectivity index (χ2n) is 6.00. The van der Waals surface area contributed by atoms with Crippen molar-refractivity contribution >= 4 is 22.5 Å². The summed E-state index contributed by atoms with van der Waals surface area (Å²) in [7, 11) is 0. The largest absolute Gasteiger partial charge is 0.349 e. The van der Waals surface area contributed by atoms with E-state index in [0.717, 1.165) is 12.2 Å². The summed E-state index contributed by atoms with van der Waals surface area (Å²) in [6.07, 6.45) is 4.59. The Balaban J connectivity index is 0.000000516. The Labute approximate surface area is 166 Å². The third kappa shape index (κ3) is 5.59. The minimum absolute atomic E-state index is 0.322.